The van der Waals surface area contributed by atoms with E-state index in [2.05, 4.69) is 6.58 Å². The zero-order valence-corrected chi connectivity index (χ0v) is 10.3. The van der Waals surface area contributed by atoms with Crippen molar-refractivity contribution in [2.24, 2.45) is 0 Å². The number of carbonyl (C=O) groups excluding carboxylic acids is 3. The number of esters is 2. The lowest BCUT2D eigenvalue weighted by molar-refractivity contribution is -0.163. The molecule has 0 aliphatic heterocycles. The van der Waals surface area contributed by atoms with Crippen molar-refractivity contribution in [1.82, 2.24) is 0 Å². The van der Waals surface area contributed by atoms with Crippen LogP contribution in [0.4, 0.5) is 0 Å². The molecule has 0 aromatic rings. The first-order chi connectivity index (χ1) is 8.54. The summed E-state index contributed by atoms with van der Waals surface area (Å²) in [5.74, 6) is -1.35. The highest BCUT2D eigenvalue weighted by atomic mass is 16.6. The van der Waals surface area contributed by atoms with Crippen LogP contribution < -0.4 is 0 Å². The summed E-state index contributed by atoms with van der Waals surface area (Å²) < 4.78 is 9.67. The zero-order chi connectivity index (χ0) is 13.5. The van der Waals surface area contributed by atoms with E-state index in [-0.39, 0.29) is 12.4 Å². The average molecular weight is 252 g/mol. The van der Waals surface area contributed by atoms with Crippen LogP contribution in [0.3, 0.4) is 0 Å². The molecule has 5 nitrogen and oxygen atoms in total. The maximum Gasteiger partial charge on any atom is 0.347 e. The molecule has 1 rings (SSSR count). The molecular formula is C13H16O5. The van der Waals surface area contributed by atoms with Gasteiger partial charge in [-0.05, 0) is 25.8 Å². The van der Waals surface area contributed by atoms with E-state index in [1.807, 2.05) is 0 Å². The molecule has 0 bridgehead atoms. The minimum atomic E-state index is -0.990. The van der Waals surface area contributed by atoms with E-state index in [4.69, 9.17) is 9.47 Å². The molecule has 0 aromatic heterocycles. The fourth-order valence-electron chi connectivity index (χ4n) is 1.50. The minimum Gasteiger partial charge on any atom is -0.459 e. The van der Waals surface area contributed by atoms with Crippen LogP contribution in [0.5, 0.6) is 0 Å². The fraction of sp³-hybridized carbons (Fsp3) is 0.462. The quantitative estimate of drug-likeness (QED) is 0.545. The van der Waals surface area contributed by atoms with E-state index in [0.29, 0.717) is 24.8 Å². The average Bonchev–Trinajstić information content (AvgIpc) is 2.35. The van der Waals surface area contributed by atoms with Gasteiger partial charge in [0.05, 0.1) is 0 Å². The summed E-state index contributed by atoms with van der Waals surface area (Å²) in [5, 5.41) is 0. The molecule has 5 heteroatoms. The number of ether oxygens (including phenoxy) is 2. The van der Waals surface area contributed by atoms with Gasteiger partial charge in [0.2, 0.25) is 0 Å². The van der Waals surface area contributed by atoms with Crippen LogP contribution in [-0.2, 0) is 23.9 Å². The summed E-state index contributed by atoms with van der Waals surface area (Å²) in [6.07, 6.45) is 3.31. The van der Waals surface area contributed by atoms with Crippen molar-refractivity contribution in [3.8, 4) is 0 Å². The maximum atomic E-state index is 11.7. The van der Waals surface area contributed by atoms with Crippen molar-refractivity contribution >= 4 is 17.7 Å². The molecule has 1 aliphatic rings. The highest BCUT2D eigenvalue weighted by molar-refractivity contribution is 6.01. The number of carbonyl (C=O) groups is 3. The number of rotatable bonds is 5. The van der Waals surface area contributed by atoms with E-state index in [9.17, 15) is 14.4 Å². The Kier molecular flexibility index (Phi) is 5.30. The van der Waals surface area contributed by atoms with Gasteiger partial charge in [0, 0.05) is 12.0 Å². The van der Waals surface area contributed by atoms with Crippen molar-refractivity contribution in [3.05, 3.63) is 24.3 Å². The van der Waals surface area contributed by atoms with E-state index < -0.39 is 18.0 Å². The first-order valence-electron chi connectivity index (χ1n) is 5.76. The fourth-order valence-corrected chi connectivity index (χ4v) is 1.50. The van der Waals surface area contributed by atoms with Crippen LogP contribution in [0.25, 0.3) is 0 Å². The molecule has 0 aromatic carbocycles. The lowest BCUT2D eigenvalue weighted by Crippen LogP contribution is -2.27. The van der Waals surface area contributed by atoms with Crippen molar-refractivity contribution in [2.75, 3.05) is 6.61 Å². The summed E-state index contributed by atoms with van der Waals surface area (Å²) in [7, 11) is 0. The van der Waals surface area contributed by atoms with Crippen molar-refractivity contribution in [2.45, 2.75) is 32.3 Å². The molecular weight excluding hydrogens is 236 g/mol. The van der Waals surface area contributed by atoms with Crippen LogP contribution in [0.1, 0.15) is 26.2 Å². The Morgan fingerprint density at radius 1 is 1.50 bits per heavy atom. The van der Waals surface area contributed by atoms with Crippen molar-refractivity contribution < 1.29 is 23.9 Å². The molecule has 0 radical (unpaired) electrons. The van der Waals surface area contributed by atoms with Gasteiger partial charge >= 0.3 is 11.9 Å². The van der Waals surface area contributed by atoms with Crippen molar-refractivity contribution in [3.63, 3.8) is 0 Å². The normalized spacial score (nSPS) is 16.5. The van der Waals surface area contributed by atoms with Crippen LogP contribution in [-0.4, -0.2) is 30.4 Å². The largest absolute Gasteiger partial charge is 0.459 e. The molecule has 1 atom stereocenters. The number of hydrogen-bond donors (Lipinski definition) is 0. The molecule has 98 valence electrons. The van der Waals surface area contributed by atoms with Gasteiger partial charge in [0.1, 0.15) is 6.61 Å². The highest BCUT2D eigenvalue weighted by Gasteiger charge is 2.23. The SMILES string of the molecule is C=CCOC(=O)[C@H](C)OC(=O)C1=CC(=O)CCC1. The zero-order valence-electron chi connectivity index (χ0n) is 10.3. The van der Waals surface area contributed by atoms with Crippen LogP contribution in [0, 0.1) is 0 Å². The van der Waals surface area contributed by atoms with Gasteiger partial charge < -0.3 is 9.47 Å². The highest BCUT2D eigenvalue weighted by Crippen LogP contribution is 2.17. The maximum absolute atomic E-state index is 11.7. The predicted octanol–water partition coefficient (Wildman–Crippen LogP) is 1.33. The molecule has 0 amide bonds. The Morgan fingerprint density at radius 2 is 2.22 bits per heavy atom. The van der Waals surface area contributed by atoms with E-state index in [1.165, 1.54) is 19.1 Å². The Morgan fingerprint density at radius 3 is 2.83 bits per heavy atom. The third-order valence-corrected chi connectivity index (χ3v) is 2.43. The molecule has 0 unspecified atom stereocenters. The van der Waals surface area contributed by atoms with Crippen LogP contribution in [0.15, 0.2) is 24.3 Å². The lowest BCUT2D eigenvalue weighted by Gasteiger charge is -2.15. The third-order valence-electron chi connectivity index (χ3n) is 2.43. The topological polar surface area (TPSA) is 69.7 Å². The monoisotopic (exact) mass is 252 g/mol. The van der Waals surface area contributed by atoms with Crippen LogP contribution >= 0.6 is 0 Å². The number of hydrogen-bond acceptors (Lipinski definition) is 5. The van der Waals surface area contributed by atoms with Gasteiger partial charge in [-0.2, -0.15) is 0 Å². The summed E-state index contributed by atoms with van der Waals surface area (Å²) in [5.41, 5.74) is 0.314. The van der Waals surface area contributed by atoms with E-state index >= 15 is 0 Å². The molecule has 18 heavy (non-hydrogen) atoms. The molecule has 0 heterocycles. The Hall–Kier alpha value is -1.91. The second kappa shape index (κ2) is 6.74. The standard InChI is InChI=1S/C13H16O5/c1-3-7-17-12(15)9(2)18-13(16)10-5-4-6-11(14)8-10/h3,8-9H,1,4-7H2,2H3/t9-/m0/s1. The summed E-state index contributed by atoms with van der Waals surface area (Å²) >= 11 is 0. The third kappa shape index (κ3) is 4.16. The second-order valence-corrected chi connectivity index (χ2v) is 3.96. The smallest absolute Gasteiger partial charge is 0.347 e. The minimum absolute atomic E-state index is 0.0713. The van der Waals surface area contributed by atoms with Gasteiger partial charge in [-0.25, -0.2) is 9.59 Å². The molecule has 1 aliphatic carbocycles. The lowest BCUT2D eigenvalue weighted by atomic mass is 9.99. The van der Waals surface area contributed by atoms with Gasteiger partial charge in [0.25, 0.3) is 0 Å². The summed E-state index contributed by atoms with van der Waals surface area (Å²) in [6.45, 7) is 4.90. The summed E-state index contributed by atoms with van der Waals surface area (Å²) in [6, 6.07) is 0. The van der Waals surface area contributed by atoms with Gasteiger partial charge in [-0.1, -0.05) is 12.7 Å². The second-order valence-electron chi connectivity index (χ2n) is 3.96. The first-order valence-corrected chi connectivity index (χ1v) is 5.76. The molecule has 0 fully saturated rings. The van der Waals surface area contributed by atoms with Crippen molar-refractivity contribution in [1.29, 1.82) is 0 Å². The number of allylic oxidation sites excluding steroid dienone is 1. The van der Waals surface area contributed by atoms with E-state index in [1.54, 1.807) is 0 Å². The molecule has 0 saturated carbocycles. The Labute approximate surface area is 105 Å². The molecule has 0 N–H and O–H groups in total. The van der Waals surface area contributed by atoms with Gasteiger partial charge in [-0.15, -0.1) is 0 Å². The Balaban J connectivity index is 2.51. The van der Waals surface area contributed by atoms with Gasteiger partial charge in [-0.3, -0.25) is 4.79 Å². The number of ketones is 1. The first kappa shape index (κ1) is 14.2. The summed E-state index contributed by atoms with van der Waals surface area (Å²) in [4.78, 5) is 34.2. The van der Waals surface area contributed by atoms with E-state index in [0.717, 1.165) is 0 Å². The molecule has 0 spiro atoms. The molecule has 0 saturated heterocycles. The Bertz CT molecular complexity index is 394. The predicted molar refractivity (Wildman–Crippen MR) is 63.7 cm³/mol. The van der Waals surface area contributed by atoms with Crippen LogP contribution in [0.2, 0.25) is 0 Å². The van der Waals surface area contributed by atoms with Gasteiger partial charge in [0.15, 0.2) is 11.9 Å².